The highest BCUT2D eigenvalue weighted by molar-refractivity contribution is 9.10. The topological polar surface area (TPSA) is 86.5 Å². The molecule has 0 saturated carbocycles. The summed E-state index contributed by atoms with van der Waals surface area (Å²) >= 11 is 3.19. The molecule has 2 aromatic carbocycles. The van der Waals surface area contributed by atoms with Crippen LogP contribution in [0.25, 0.3) is 0 Å². The van der Waals surface area contributed by atoms with E-state index in [1.165, 1.54) is 18.2 Å². The van der Waals surface area contributed by atoms with Crippen molar-refractivity contribution in [3.8, 4) is 5.75 Å². The molecule has 0 aliphatic rings. The lowest BCUT2D eigenvalue weighted by atomic mass is 10.2. The zero-order valence-electron chi connectivity index (χ0n) is 11.0. The average molecular weight is 370 g/mol. The predicted octanol–water partition coefficient (Wildman–Crippen LogP) is 2.62. The summed E-state index contributed by atoms with van der Waals surface area (Å²) in [6.07, 6.45) is 0. The van der Waals surface area contributed by atoms with Crippen molar-refractivity contribution < 1.29 is 17.4 Å². The molecule has 0 heterocycles. The Morgan fingerprint density at radius 2 is 1.86 bits per heavy atom. The fourth-order valence-electron chi connectivity index (χ4n) is 1.71. The first-order chi connectivity index (χ1) is 9.81. The number of halogens is 1. The van der Waals surface area contributed by atoms with Crippen molar-refractivity contribution in [2.45, 2.75) is 11.8 Å². The second kappa shape index (κ2) is 5.87. The van der Waals surface area contributed by atoms with Crippen LogP contribution in [0.2, 0.25) is 0 Å². The summed E-state index contributed by atoms with van der Waals surface area (Å²) in [5.74, 6) is -0.860. The fourth-order valence-corrected chi connectivity index (χ4v) is 3.81. The summed E-state index contributed by atoms with van der Waals surface area (Å²) in [6.45, 7) is 1.84. The Balaban J connectivity index is 2.45. The summed E-state index contributed by atoms with van der Waals surface area (Å²) in [7, 11) is -4.07. The van der Waals surface area contributed by atoms with Crippen molar-refractivity contribution in [1.29, 1.82) is 0 Å². The SMILES string of the molecule is Cc1ccc(S(=O)(=O)Oc2ccccc2C(N)=O)c(Br)c1. The van der Waals surface area contributed by atoms with Crippen LogP contribution in [0.3, 0.4) is 0 Å². The standard InChI is InChI=1S/C14H12BrNO4S/c1-9-6-7-13(11(15)8-9)21(18,19)20-12-5-3-2-4-10(12)14(16)17/h2-8H,1H3,(H2,16,17). The number of amides is 1. The summed E-state index contributed by atoms with van der Waals surface area (Å²) < 4.78 is 30.0. The quantitative estimate of drug-likeness (QED) is 0.839. The highest BCUT2D eigenvalue weighted by Gasteiger charge is 2.22. The lowest BCUT2D eigenvalue weighted by Gasteiger charge is -2.11. The van der Waals surface area contributed by atoms with E-state index in [2.05, 4.69) is 15.9 Å². The molecular formula is C14H12BrNO4S. The van der Waals surface area contributed by atoms with Crippen molar-refractivity contribution in [2.75, 3.05) is 0 Å². The van der Waals surface area contributed by atoms with Crippen LogP contribution in [-0.2, 0) is 10.1 Å². The van der Waals surface area contributed by atoms with Gasteiger partial charge in [-0.1, -0.05) is 18.2 Å². The smallest absolute Gasteiger partial charge is 0.340 e. The zero-order valence-corrected chi connectivity index (χ0v) is 13.4. The Hall–Kier alpha value is -1.86. The minimum atomic E-state index is -4.07. The van der Waals surface area contributed by atoms with Gasteiger partial charge in [-0.05, 0) is 52.7 Å². The van der Waals surface area contributed by atoms with Crippen molar-refractivity contribution in [2.24, 2.45) is 5.73 Å². The van der Waals surface area contributed by atoms with Crippen molar-refractivity contribution in [1.82, 2.24) is 0 Å². The van der Waals surface area contributed by atoms with E-state index in [-0.39, 0.29) is 16.2 Å². The van der Waals surface area contributed by atoms with E-state index in [1.54, 1.807) is 24.3 Å². The number of para-hydroxylation sites is 1. The van der Waals surface area contributed by atoms with E-state index >= 15 is 0 Å². The third-order valence-corrected chi connectivity index (χ3v) is 4.92. The van der Waals surface area contributed by atoms with Crippen molar-refractivity contribution in [3.63, 3.8) is 0 Å². The number of rotatable bonds is 4. The molecule has 0 fully saturated rings. The van der Waals surface area contributed by atoms with Gasteiger partial charge in [-0.3, -0.25) is 4.79 Å². The first-order valence-corrected chi connectivity index (χ1v) is 8.11. The summed E-state index contributed by atoms with van der Waals surface area (Å²) in [6, 6.07) is 10.7. The van der Waals surface area contributed by atoms with E-state index in [9.17, 15) is 13.2 Å². The van der Waals surface area contributed by atoms with E-state index < -0.39 is 16.0 Å². The Labute approximate surface area is 131 Å². The maximum atomic E-state index is 12.3. The molecule has 0 aliphatic carbocycles. The molecule has 0 radical (unpaired) electrons. The van der Waals surface area contributed by atoms with Gasteiger partial charge in [0.15, 0.2) is 5.75 Å². The van der Waals surface area contributed by atoms with Gasteiger partial charge in [0.25, 0.3) is 5.91 Å². The van der Waals surface area contributed by atoms with Crippen LogP contribution in [0.15, 0.2) is 51.8 Å². The number of primary amides is 1. The molecule has 0 spiro atoms. The first-order valence-electron chi connectivity index (χ1n) is 5.91. The Morgan fingerprint density at radius 3 is 2.48 bits per heavy atom. The van der Waals surface area contributed by atoms with Crippen LogP contribution in [-0.4, -0.2) is 14.3 Å². The van der Waals surface area contributed by atoms with Gasteiger partial charge in [-0.25, -0.2) is 0 Å². The number of benzene rings is 2. The molecular weight excluding hydrogens is 358 g/mol. The number of aryl methyl sites for hydroxylation is 1. The van der Waals surface area contributed by atoms with Crippen LogP contribution in [0.1, 0.15) is 15.9 Å². The van der Waals surface area contributed by atoms with Crippen molar-refractivity contribution >= 4 is 32.0 Å². The summed E-state index contributed by atoms with van der Waals surface area (Å²) in [4.78, 5) is 11.3. The lowest BCUT2D eigenvalue weighted by molar-refractivity contribution is 0.0999. The molecule has 0 aliphatic heterocycles. The highest BCUT2D eigenvalue weighted by atomic mass is 79.9. The molecule has 0 bridgehead atoms. The number of hydrogen-bond acceptors (Lipinski definition) is 4. The number of carbonyl (C=O) groups excluding carboxylic acids is 1. The van der Waals surface area contributed by atoms with E-state index in [1.807, 2.05) is 6.92 Å². The minimum absolute atomic E-state index is 0.00399. The number of nitrogens with two attached hydrogens (primary N) is 1. The highest BCUT2D eigenvalue weighted by Crippen LogP contribution is 2.27. The normalized spacial score (nSPS) is 11.1. The van der Waals surface area contributed by atoms with Crippen molar-refractivity contribution in [3.05, 3.63) is 58.1 Å². The zero-order chi connectivity index (χ0) is 15.6. The van der Waals surface area contributed by atoms with Crippen LogP contribution in [0, 0.1) is 6.92 Å². The van der Waals surface area contributed by atoms with Gasteiger partial charge >= 0.3 is 10.1 Å². The maximum absolute atomic E-state index is 12.3. The average Bonchev–Trinajstić information content (AvgIpc) is 2.37. The molecule has 5 nitrogen and oxygen atoms in total. The Morgan fingerprint density at radius 1 is 1.19 bits per heavy atom. The van der Waals surface area contributed by atoms with Gasteiger partial charge in [0.2, 0.25) is 0 Å². The molecule has 0 atom stereocenters. The van der Waals surface area contributed by atoms with E-state index in [0.717, 1.165) is 5.56 Å². The molecule has 2 aromatic rings. The van der Waals surface area contributed by atoms with E-state index in [4.69, 9.17) is 9.92 Å². The van der Waals surface area contributed by atoms with Gasteiger partial charge in [0, 0.05) is 4.47 Å². The lowest BCUT2D eigenvalue weighted by Crippen LogP contribution is -2.16. The number of hydrogen-bond donors (Lipinski definition) is 1. The molecule has 2 N–H and O–H groups in total. The largest absolute Gasteiger partial charge is 0.378 e. The second-order valence-electron chi connectivity index (χ2n) is 4.33. The van der Waals surface area contributed by atoms with Gasteiger partial charge in [0.1, 0.15) is 4.90 Å². The Kier molecular flexibility index (Phi) is 4.34. The van der Waals surface area contributed by atoms with Gasteiger partial charge < -0.3 is 9.92 Å². The van der Waals surface area contributed by atoms with Crippen LogP contribution in [0.5, 0.6) is 5.75 Å². The van der Waals surface area contributed by atoms with E-state index in [0.29, 0.717) is 4.47 Å². The maximum Gasteiger partial charge on any atom is 0.340 e. The molecule has 0 aromatic heterocycles. The second-order valence-corrected chi connectivity index (χ2v) is 6.70. The monoisotopic (exact) mass is 369 g/mol. The molecule has 7 heteroatoms. The van der Waals surface area contributed by atoms with Gasteiger partial charge in [0.05, 0.1) is 5.56 Å². The molecule has 0 saturated heterocycles. The molecule has 110 valence electrons. The molecule has 21 heavy (non-hydrogen) atoms. The summed E-state index contributed by atoms with van der Waals surface area (Å²) in [5, 5.41) is 0. The predicted molar refractivity (Wildman–Crippen MR) is 81.7 cm³/mol. The van der Waals surface area contributed by atoms with Gasteiger partial charge in [-0.2, -0.15) is 8.42 Å². The molecule has 0 unspecified atom stereocenters. The summed E-state index contributed by atoms with van der Waals surface area (Å²) in [5.41, 5.74) is 6.10. The fraction of sp³-hybridized carbons (Fsp3) is 0.0714. The Bertz CT molecular complexity index is 802. The third kappa shape index (κ3) is 3.43. The van der Waals surface area contributed by atoms with Crippen LogP contribution in [0.4, 0.5) is 0 Å². The molecule has 2 rings (SSSR count). The van der Waals surface area contributed by atoms with Crippen LogP contribution < -0.4 is 9.92 Å². The number of carbonyl (C=O) groups is 1. The van der Waals surface area contributed by atoms with Crippen LogP contribution >= 0.6 is 15.9 Å². The van der Waals surface area contributed by atoms with Gasteiger partial charge in [-0.15, -0.1) is 0 Å². The minimum Gasteiger partial charge on any atom is -0.378 e. The molecule has 1 amide bonds. The third-order valence-electron chi connectivity index (χ3n) is 2.71. The first kappa shape index (κ1) is 15.5.